The second-order valence-electron chi connectivity index (χ2n) is 7.16. The molecule has 0 saturated carbocycles. The van der Waals surface area contributed by atoms with Gasteiger partial charge in [0, 0.05) is 11.6 Å². The van der Waals surface area contributed by atoms with Gasteiger partial charge in [-0.3, -0.25) is 0 Å². The molecule has 0 radical (unpaired) electrons. The molecule has 1 atom stereocenters. The average molecular weight is 426 g/mol. The van der Waals surface area contributed by atoms with Gasteiger partial charge in [-0.05, 0) is 49.9 Å². The monoisotopic (exact) mass is 426 g/mol. The Morgan fingerprint density at radius 2 is 1.76 bits per heavy atom. The van der Waals surface area contributed by atoms with E-state index >= 15 is 0 Å². The van der Waals surface area contributed by atoms with Gasteiger partial charge in [-0.1, -0.05) is 29.8 Å². The topological polar surface area (TPSA) is 82.2 Å². The number of H-pyrrole nitrogens is 1. The summed E-state index contributed by atoms with van der Waals surface area (Å²) in [6.07, 6.45) is -4.07. The van der Waals surface area contributed by atoms with Crippen LogP contribution in [0.25, 0.3) is 10.9 Å². The lowest BCUT2D eigenvalue weighted by atomic mass is 10.1. The van der Waals surface area contributed by atoms with Crippen molar-refractivity contribution in [2.75, 3.05) is 0 Å². The van der Waals surface area contributed by atoms with Crippen LogP contribution in [-0.4, -0.2) is 30.7 Å². The largest absolute Gasteiger partial charge is 0.506 e. The fourth-order valence-electron chi connectivity index (χ4n) is 3.65. The first-order chi connectivity index (χ1) is 13.4. The molecular weight excluding hydrogens is 405 g/mol. The zero-order valence-electron chi connectivity index (χ0n) is 16.1. The molecule has 0 fully saturated rings. The quantitative estimate of drug-likeness (QED) is 0.570. The molecule has 0 aliphatic heterocycles. The lowest BCUT2D eigenvalue weighted by Crippen LogP contribution is -2.47. The van der Waals surface area contributed by atoms with E-state index in [0.29, 0.717) is 22.0 Å². The van der Waals surface area contributed by atoms with Crippen molar-refractivity contribution in [2.24, 2.45) is 0 Å². The van der Waals surface area contributed by atoms with Gasteiger partial charge in [-0.15, -0.1) is 0 Å². The van der Waals surface area contributed by atoms with Crippen molar-refractivity contribution in [3.63, 3.8) is 0 Å². The summed E-state index contributed by atoms with van der Waals surface area (Å²) in [5.74, 6) is -0.0937. The van der Waals surface area contributed by atoms with E-state index in [9.17, 15) is 26.7 Å². The minimum Gasteiger partial charge on any atom is -0.506 e. The number of hydrogen-bond acceptors (Lipinski definition) is 3. The number of aromatic hydroxyl groups is 1. The van der Waals surface area contributed by atoms with E-state index in [-0.39, 0.29) is 16.2 Å². The number of phenolic OH excluding ortho intramolecular Hbond substituents is 1. The molecule has 3 N–H and O–H groups in total. The number of halogens is 3. The number of benzene rings is 2. The maximum Gasteiger partial charge on any atom is 0.405 e. The number of fused-ring (bicyclic) bond motifs is 1. The highest BCUT2D eigenvalue weighted by Gasteiger charge is 2.43. The molecule has 0 aliphatic rings. The molecule has 0 saturated heterocycles. The van der Waals surface area contributed by atoms with Crippen LogP contribution in [0.15, 0.2) is 41.4 Å². The molecule has 3 aromatic rings. The first-order valence-corrected chi connectivity index (χ1v) is 10.3. The summed E-state index contributed by atoms with van der Waals surface area (Å²) < 4.78 is 68.6. The van der Waals surface area contributed by atoms with Gasteiger partial charge >= 0.3 is 6.18 Å². The van der Waals surface area contributed by atoms with Crippen LogP contribution in [0.4, 0.5) is 13.2 Å². The normalized spacial score (nSPS) is 13.7. The van der Waals surface area contributed by atoms with Crippen LogP contribution < -0.4 is 4.72 Å². The van der Waals surface area contributed by atoms with Crippen LogP contribution in [0.1, 0.15) is 22.3 Å². The molecule has 156 valence electrons. The third-order valence-corrected chi connectivity index (χ3v) is 6.55. The summed E-state index contributed by atoms with van der Waals surface area (Å²) in [5, 5.41) is 10.2. The van der Waals surface area contributed by atoms with E-state index in [1.54, 1.807) is 39.0 Å². The Kier molecular flexibility index (Phi) is 5.40. The minimum atomic E-state index is -4.81. The zero-order chi connectivity index (χ0) is 21.6. The summed E-state index contributed by atoms with van der Waals surface area (Å²) in [7, 11) is -4.41. The Bertz CT molecular complexity index is 1140. The predicted octanol–water partition coefficient (Wildman–Crippen LogP) is 4.25. The van der Waals surface area contributed by atoms with Gasteiger partial charge in [0.25, 0.3) is 0 Å². The number of sulfonamides is 1. The summed E-state index contributed by atoms with van der Waals surface area (Å²) in [6, 6.07) is 5.40. The Morgan fingerprint density at radius 1 is 1.14 bits per heavy atom. The third kappa shape index (κ3) is 4.25. The number of nitrogens with one attached hydrogen (secondary N) is 2. The minimum absolute atomic E-state index is 0.0937. The molecule has 29 heavy (non-hydrogen) atoms. The van der Waals surface area contributed by atoms with Crippen LogP contribution in [-0.2, 0) is 16.4 Å². The van der Waals surface area contributed by atoms with E-state index in [0.717, 1.165) is 5.56 Å². The molecule has 1 heterocycles. The van der Waals surface area contributed by atoms with Gasteiger partial charge in [0.1, 0.15) is 11.8 Å². The predicted molar refractivity (Wildman–Crippen MR) is 104 cm³/mol. The average Bonchev–Trinajstić information content (AvgIpc) is 2.96. The number of aromatic nitrogens is 1. The van der Waals surface area contributed by atoms with E-state index in [1.165, 1.54) is 18.3 Å². The summed E-state index contributed by atoms with van der Waals surface area (Å²) >= 11 is 0. The van der Waals surface area contributed by atoms with Crippen molar-refractivity contribution in [3.05, 3.63) is 58.8 Å². The fourth-order valence-corrected chi connectivity index (χ4v) is 5.32. The molecule has 0 bridgehead atoms. The number of aryl methyl sites for hydroxylation is 3. The van der Waals surface area contributed by atoms with Crippen molar-refractivity contribution in [3.8, 4) is 5.75 Å². The number of para-hydroxylation sites is 1. The summed E-state index contributed by atoms with van der Waals surface area (Å²) in [6.45, 7) is 4.90. The Hall–Kier alpha value is -2.52. The highest BCUT2D eigenvalue weighted by molar-refractivity contribution is 7.89. The molecule has 0 amide bonds. The number of aromatic amines is 1. The molecule has 1 unspecified atom stereocenters. The van der Waals surface area contributed by atoms with Crippen LogP contribution in [0, 0.1) is 20.8 Å². The maximum absolute atomic E-state index is 13.7. The second kappa shape index (κ2) is 7.38. The van der Waals surface area contributed by atoms with Gasteiger partial charge in [0.15, 0.2) is 0 Å². The smallest absolute Gasteiger partial charge is 0.405 e. The van der Waals surface area contributed by atoms with Gasteiger partial charge in [0.05, 0.1) is 10.4 Å². The van der Waals surface area contributed by atoms with Crippen molar-refractivity contribution in [1.82, 2.24) is 9.71 Å². The molecule has 5 nitrogen and oxygen atoms in total. The van der Waals surface area contributed by atoms with Crippen LogP contribution >= 0.6 is 0 Å². The number of phenols is 1. The first-order valence-electron chi connectivity index (χ1n) is 8.85. The van der Waals surface area contributed by atoms with E-state index < -0.39 is 28.7 Å². The molecule has 0 aliphatic carbocycles. The molecule has 0 spiro atoms. The van der Waals surface area contributed by atoms with Crippen molar-refractivity contribution in [2.45, 2.75) is 44.3 Å². The molecule has 9 heteroatoms. The fraction of sp³-hybridized carbons (Fsp3) is 0.300. The van der Waals surface area contributed by atoms with E-state index in [4.69, 9.17) is 0 Å². The van der Waals surface area contributed by atoms with Crippen LogP contribution in [0.3, 0.4) is 0 Å². The number of hydrogen-bond donors (Lipinski definition) is 3. The standard InChI is InChI=1S/C20H21F3N2O3S/c1-11-7-12(2)19(13(3)8-11)29(27,28)25-17(20(21,22)23)9-14-10-24-18-15(14)5-4-6-16(18)26/h4-8,10,17,24-26H,9H2,1-3H3. The van der Waals surface area contributed by atoms with Crippen LogP contribution in [0.2, 0.25) is 0 Å². The number of rotatable bonds is 5. The molecule has 3 rings (SSSR count). The Morgan fingerprint density at radius 3 is 2.34 bits per heavy atom. The lowest BCUT2D eigenvalue weighted by Gasteiger charge is -2.23. The Labute approximate surface area is 166 Å². The molecule has 2 aromatic carbocycles. The van der Waals surface area contributed by atoms with E-state index in [1.807, 2.05) is 4.72 Å². The highest BCUT2D eigenvalue weighted by Crippen LogP contribution is 2.31. The first kappa shape index (κ1) is 21.2. The van der Waals surface area contributed by atoms with Crippen molar-refractivity contribution in [1.29, 1.82) is 0 Å². The lowest BCUT2D eigenvalue weighted by molar-refractivity contribution is -0.150. The van der Waals surface area contributed by atoms with Gasteiger partial charge in [-0.2, -0.15) is 17.9 Å². The van der Waals surface area contributed by atoms with Gasteiger partial charge in [0.2, 0.25) is 10.0 Å². The van der Waals surface area contributed by atoms with Crippen molar-refractivity contribution >= 4 is 20.9 Å². The summed E-state index contributed by atoms with van der Waals surface area (Å²) in [4.78, 5) is 2.59. The van der Waals surface area contributed by atoms with Crippen LogP contribution in [0.5, 0.6) is 5.75 Å². The molecule has 1 aromatic heterocycles. The maximum atomic E-state index is 13.7. The SMILES string of the molecule is Cc1cc(C)c(S(=O)(=O)NC(Cc2c[nH]c3c(O)cccc23)C(F)(F)F)c(C)c1. The zero-order valence-corrected chi connectivity index (χ0v) is 16.9. The van der Waals surface area contributed by atoms with Crippen molar-refractivity contribution < 1.29 is 26.7 Å². The van der Waals surface area contributed by atoms with E-state index in [2.05, 4.69) is 4.98 Å². The number of alkyl halides is 3. The highest BCUT2D eigenvalue weighted by atomic mass is 32.2. The third-order valence-electron chi connectivity index (χ3n) is 4.77. The van der Waals surface area contributed by atoms with Gasteiger partial charge in [-0.25, -0.2) is 8.42 Å². The molecular formula is C20H21F3N2O3S. The van der Waals surface area contributed by atoms with Gasteiger partial charge < -0.3 is 10.1 Å². The summed E-state index contributed by atoms with van der Waals surface area (Å²) in [5.41, 5.74) is 2.14. The Balaban J connectivity index is 1.99. The second-order valence-corrected chi connectivity index (χ2v) is 8.81.